The molecule has 0 amide bonds. The number of aliphatic carboxylic acids is 1. The number of hydrogen-bond donors (Lipinski definition) is 1. The average Bonchev–Trinajstić information content (AvgIpc) is 3.01. The van der Waals surface area contributed by atoms with Gasteiger partial charge in [-0.05, 0) is 44.3 Å². The maximum atomic E-state index is 10.8. The molecule has 2 aromatic heterocycles. The number of rotatable bonds is 3. The molecule has 2 heterocycles. The van der Waals surface area contributed by atoms with Crippen LogP contribution in [0.3, 0.4) is 0 Å². The van der Waals surface area contributed by atoms with Crippen molar-refractivity contribution < 1.29 is 14.4 Å². The molecule has 8 heteroatoms. The summed E-state index contributed by atoms with van der Waals surface area (Å²) < 4.78 is 6.68. The minimum absolute atomic E-state index is 0.173. The predicted molar refractivity (Wildman–Crippen MR) is 71.4 cm³/mol. The van der Waals surface area contributed by atoms with Crippen LogP contribution in [0.1, 0.15) is 18.2 Å². The molecule has 1 aliphatic carbocycles. The van der Waals surface area contributed by atoms with E-state index < -0.39 is 11.9 Å². The summed E-state index contributed by atoms with van der Waals surface area (Å²) in [7, 11) is 0. The largest absolute Gasteiger partial charge is 0.481 e. The van der Waals surface area contributed by atoms with Crippen molar-refractivity contribution in [2.45, 2.75) is 12.3 Å². The molecule has 0 aromatic carbocycles. The van der Waals surface area contributed by atoms with Crippen molar-refractivity contribution in [3.8, 4) is 11.5 Å². The fourth-order valence-corrected chi connectivity index (χ4v) is 2.97. The van der Waals surface area contributed by atoms with Crippen LogP contribution in [0, 0.1) is 5.92 Å². The molecule has 0 saturated heterocycles. The van der Waals surface area contributed by atoms with Gasteiger partial charge in [-0.2, -0.15) is 4.98 Å². The SMILES string of the molecule is O=C(O)C1CC1c1nc(-c2ncc(Br)cc2Br)no1. The first kappa shape index (κ1) is 12.7. The molecule has 0 spiro atoms. The zero-order valence-corrected chi connectivity index (χ0v) is 12.5. The van der Waals surface area contributed by atoms with E-state index in [9.17, 15) is 4.79 Å². The van der Waals surface area contributed by atoms with Gasteiger partial charge in [-0.15, -0.1) is 0 Å². The molecule has 2 unspecified atom stereocenters. The van der Waals surface area contributed by atoms with Crippen LogP contribution in [0.5, 0.6) is 0 Å². The van der Waals surface area contributed by atoms with Gasteiger partial charge in [-0.25, -0.2) is 0 Å². The lowest BCUT2D eigenvalue weighted by atomic mass is 10.3. The average molecular weight is 389 g/mol. The number of halogens is 2. The van der Waals surface area contributed by atoms with Crippen molar-refractivity contribution in [3.63, 3.8) is 0 Å². The molecule has 2 atom stereocenters. The Bertz CT molecular complexity index is 658. The van der Waals surface area contributed by atoms with Crippen LogP contribution in [-0.4, -0.2) is 26.2 Å². The Morgan fingerprint density at radius 3 is 2.89 bits per heavy atom. The Morgan fingerprint density at radius 2 is 2.26 bits per heavy atom. The second-order valence-corrected chi connectivity index (χ2v) is 6.00. The van der Waals surface area contributed by atoms with Gasteiger partial charge in [0.25, 0.3) is 0 Å². The molecule has 6 nitrogen and oxygen atoms in total. The number of carboxylic acid groups (broad SMARTS) is 1. The first-order valence-electron chi connectivity index (χ1n) is 5.44. The first-order valence-corrected chi connectivity index (χ1v) is 7.02. The lowest BCUT2D eigenvalue weighted by Gasteiger charge is -1.97. The Hall–Kier alpha value is -1.28. The minimum atomic E-state index is -0.826. The van der Waals surface area contributed by atoms with Gasteiger partial charge in [-0.1, -0.05) is 5.16 Å². The van der Waals surface area contributed by atoms with Gasteiger partial charge in [0.2, 0.25) is 11.7 Å². The summed E-state index contributed by atoms with van der Waals surface area (Å²) in [5, 5.41) is 12.7. The van der Waals surface area contributed by atoms with E-state index >= 15 is 0 Å². The summed E-state index contributed by atoms with van der Waals surface area (Å²) in [4.78, 5) is 19.2. The minimum Gasteiger partial charge on any atom is -0.481 e. The first-order chi connectivity index (χ1) is 9.06. The summed E-state index contributed by atoms with van der Waals surface area (Å²) in [5.41, 5.74) is 0.561. The number of carboxylic acids is 1. The smallest absolute Gasteiger partial charge is 0.307 e. The van der Waals surface area contributed by atoms with E-state index in [-0.39, 0.29) is 5.92 Å². The number of pyridine rings is 1. The Morgan fingerprint density at radius 1 is 1.47 bits per heavy atom. The highest BCUT2D eigenvalue weighted by molar-refractivity contribution is 9.11. The highest BCUT2D eigenvalue weighted by Crippen LogP contribution is 2.47. The highest BCUT2D eigenvalue weighted by atomic mass is 79.9. The molecule has 0 bridgehead atoms. The summed E-state index contributed by atoms with van der Waals surface area (Å²) in [6, 6.07) is 1.83. The normalized spacial score (nSPS) is 21.4. The van der Waals surface area contributed by atoms with Crippen LogP contribution >= 0.6 is 31.9 Å². The molecule has 0 radical (unpaired) electrons. The zero-order chi connectivity index (χ0) is 13.6. The Kier molecular flexibility index (Phi) is 3.14. The summed E-state index contributed by atoms with van der Waals surface area (Å²) >= 11 is 6.68. The monoisotopic (exact) mass is 387 g/mol. The van der Waals surface area contributed by atoms with E-state index in [2.05, 4.69) is 47.0 Å². The molecule has 0 aliphatic heterocycles. The van der Waals surface area contributed by atoms with E-state index in [0.29, 0.717) is 23.8 Å². The summed E-state index contributed by atoms with van der Waals surface area (Å²) in [6.45, 7) is 0. The van der Waals surface area contributed by atoms with Crippen LogP contribution in [0.2, 0.25) is 0 Å². The Labute approximate surface area is 124 Å². The standard InChI is InChI=1S/C11H7Br2N3O3/c12-4-1-7(13)8(14-3-4)9-15-10(19-16-9)5-2-6(5)11(17)18/h1,3,5-6H,2H2,(H,17,18). The van der Waals surface area contributed by atoms with Gasteiger partial charge >= 0.3 is 5.97 Å². The van der Waals surface area contributed by atoms with Crippen molar-refractivity contribution in [1.29, 1.82) is 0 Å². The molecule has 1 fully saturated rings. The van der Waals surface area contributed by atoms with Crippen molar-refractivity contribution in [1.82, 2.24) is 15.1 Å². The van der Waals surface area contributed by atoms with Crippen LogP contribution in [0.15, 0.2) is 25.7 Å². The molecule has 1 saturated carbocycles. The molecule has 2 aromatic rings. The second-order valence-electron chi connectivity index (χ2n) is 4.23. The lowest BCUT2D eigenvalue weighted by Crippen LogP contribution is -1.99. The highest BCUT2D eigenvalue weighted by Gasteiger charge is 2.48. The van der Waals surface area contributed by atoms with Gasteiger partial charge in [-0.3, -0.25) is 9.78 Å². The molecular formula is C11H7Br2N3O3. The van der Waals surface area contributed by atoms with E-state index in [1.807, 2.05) is 6.07 Å². The van der Waals surface area contributed by atoms with E-state index in [1.54, 1.807) is 6.20 Å². The molecule has 1 aliphatic rings. The number of hydrogen-bond acceptors (Lipinski definition) is 5. The topological polar surface area (TPSA) is 89.1 Å². The summed E-state index contributed by atoms with van der Waals surface area (Å²) in [6.07, 6.45) is 2.18. The Balaban J connectivity index is 1.88. The molecule has 98 valence electrons. The molecular weight excluding hydrogens is 382 g/mol. The molecule has 19 heavy (non-hydrogen) atoms. The third-order valence-corrected chi connectivity index (χ3v) is 3.92. The predicted octanol–water partition coefficient (Wildman–Crippen LogP) is 2.84. The molecule has 3 rings (SSSR count). The third-order valence-electron chi connectivity index (χ3n) is 2.89. The van der Waals surface area contributed by atoms with Gasteiger partial charge in [0.1, 0.15) is 5.69 Å². The van der Waals surface area contributed by atoms with E-state index in [4.69, 9.17) is 9.63 Å². The van der Waals surface area contributed by atoms with Crippen LogP contribution in [-0.2, 0) is 4.79 Å². The maximum Gasteiger partial charge on any atom is 0.307 e. The maximum absolute atomic E-state index is 10.8. The van der Waals surface area contributed by atoms with Gasteiger partial charge in [0.15, 0.2) is 0 Å². The van der Waals surface area contributed by atoms with Crippen molar-refractivity contribution in [2.75, 3.05) is 0 Å². The fraction of sp³-hybridized carbons (Fsp3) is 0.273. The third kappa shape index (κ3) is 2.42. The number of aromatic nitrogens is 3. The van der Waals surface area contributed by atoms with Crippen molar-refractivity contribution in [3.05, 3.63) is 27.1 Å². The van der Waals surface area contributed by atoms with Crippen molar-refractivity contribution >= 4 is 37.8 Å². The fourth-order valence-electron chi connectivity index (χ4n) is 1.80. The second kappa shape index (κ2) is 4.68. The van der Waals surface area contributed by atoms with Crippen LogP contribution < -0.4 is 0 Å². The van der Waals surface area contributed by atoms with Gasteiger partial charge in [0, 0.05) is 15.1 Å². The quantitative estimate of drug-likeness (QED) is 0.869. The van der Waals surface area contributed by atoms with Gasteiger partial charge < -0.3 is 9.63 Å². The van der Waals surface area contributed by atoms with E-state index in [0.717, 1.165) is 8.95 Å². The van der Waals surface area contributed by atoms with E-state index in [1.165, 1.54) is 0 Å². The van der Waals surface area contributed by atoms with Crippen LogP contribution in [0.4, 0.5) is 0 Å². The van der Waals surface area contributed by atoms with Gasteiger partial charge in [0.05, 0.1) is 11.8 Å². The number of carbonyl (C=O) groups is 1. The van der Waals surface area contributed by atoms with Crippen LogP contribution in [0.25, 0.3) is 11.5 Å². The number of nitrogens with zero attached hydrogens (tertiary/aromatic N) is 3. The zero-order valence-electron chi connectivity index (χ0n) is 9.38. The lowest BCUT2D eigenvalue weighted by molar-refractivity contribution is -0.138. The molecule has 1 N–H and O–H groups in total. The summed E-state index contributed by atoms with van der Waals surface area (Å²) in [5.74, 6) is -0.695. The van der Waals surface area contributed by atoms with Crippen molar-refractivity contribution in [2.24, 2.45) is 5.92 Å².